The van der Waals surface area contributed by atoms with E-state index in [0.29, 0.717) is 42.3 Å². The maximum Gasteiger partial charge on any atom is 0.243 e. The molecule has 1 aliphatic rings. The summed E-state index contributed by atoms with van der Waals surface area (Å²) in [5.74, 6) is 0.573. The maximum atomic E-state index is 13.2. The molecule has 1 aliphatic heterocycles. The Labute approximate surface area is 219 Å². The van der Waals surface area contributed by atoms with Crippen LogP contribution in [0.5, 0.6) is 0 Å². The third-order valence-corrected chi connectivity index (χ3v) is 8.91. The van der Waals surface area contributed by atoms with Crippen molar-refractivity contribution >= 4 is 44.5 Å². The molecule has 0 amide bonds. The second-order valence-corrected chi connectivity index (χ2v) is 11.7. The average Bonchev–Trinajstić information content (AvgIpc) is 3.44. The van der Waals surface area contributed by atoms with Crippen LogP contribution in [0.25, 0.3) is 0 Å². The fourth-order valence-corrected chi connectivity index (χ4v) is 6.24. The maximum absolute atomic E-state index is 13.2. The van der Waals surface area contributed by atoms with E-state index in [0.717, 1.165) is 19.4 Å². The van der Waals surface area contributed by atoms with Gasteiger partial charge in [0.2, 0.25) is 16.0 Å². The van der Waals surface area contributed by atoms with E-state index in [1.54, 1.807) is 64.3 Å². The first kappa shape index (κ1) is 25.3. The summed E-state index contributed by atoms with van der Waals surface area (Å²) >= 11 is 1.72. The summed E-state index contributed by atoms with van der Waals surface area (Å²) in [6.45, 7) is 1.80. The molecule has 8 nitrogen and oxygen atoms in total. The Morgan fingerprint density at radius 3 is 2.35 bits per heavy atom. The van der Waals surface area contributed by atoms with Gasteiger partial charge in [0.15, 0.2) is 0 Å². The quantitative estimate of drug-likeness (QED) is 0.272. The second kappa shape index (κ2) is 11.3. The molecule has 1 fully saturated rings. The summed E-state index contributed by atoms with van der Waals surface area (Å²) in [5.41, 5.74) is 1.36. The number of sulfonamides is 1. The molecule has 4 aromatic rings. The summed E-state index contributed by atoms with van der Waals surface area (Å²) in [7, 11) is -3.57. The van der Waals surface area contributed by atoms with Crippen molar-refractivity contribution < 1.29 is 12.8 Å². The van der Waals surface area contributed by atoms with Crippen molar-refractivity contribution in [3.05, 3.63) is 89.0 Å². The van der Waals surface area contributed by atoms with Gasteiger partial charge in [0.25, 0.3) is 0 Å². The van der Waals surface area contributed by atoms with Crippen molar-refractivity contribution in [1.82, 2.24) is 19.6 Å². The average molecular weight is 539 g/mol. The fraction of sp³-hybridized carbons (Fsp3) is 0.231. The van der Waals surface area contributed by atoms with E-state index in [-0.39, 0.29) is 10.7 Å². The first-order valence-electron chi connectivity index (χ1n) is 11.9. The van der Waals surface area contributed by atoms with Crippen LogP contribution in [0.2, 0.25) is 0 Å². The number of nitrogens with one attached hydrogen (secondary N) is 3. The van der Waals surface area contributed by atoms with Gasteiger partial charge >= 0.3 is 0 Å². The first-order valence-corrected chi connectivity index (χ1v) is 14.3. The highest BCUT2D eigenvalue weighted by atomic mass is 32.2. The van der Waals surface area contributed by atoms with Gasteiger partial charge in [0.1, 0.15) is 11.6 Å². The molecule has 1 saturated heterocycles. The Hall–Kier alpha value is -3.38. The minimum absolute atomic E-state index is 0.260. The van der Waals surface area contributed by atoms with Crippen LogP contribution in [0.3, 0.4) is 0 Å². The molecular weight excluding hydrogens is 511 g/mol. The highest BCUT2D eigenvalue weighted by Gasteiger charge is 2.29. The molecule has 5 rings (SSSR count). The van der Waals surface area contributed by atoms with Gasteiger partial charge < -0.3 is 16.0 Å². The second-order valence-electron chi connectivity index (χ2n) is 8.69. The number of halogens is 1. The van der Waals surface area contributed by atoms with Gasteiger partial charge in [-0.15, -0.1) is 11.3 Å². The van der Waals surface area contributed by atoms with Crippen molar-refractivity contribution in [2.75, 3.05) is 23.7 Å². The standard InChI is InChI=1S/C26H27FN6O2S2/c27-19-3-5-21(6-4-19)30-25-11-14-28-26(32-25)31-22-7-9-24(10-8-22)37(34,35)33-15-12-20(13-16-33)29-18-23-2-1-17-36-23/h1-11,14,17,20,29H,12-13,15-16,18H2,(H2,28,30,31,32). The smallest absolute Gasteiger partial charge is 0.243 e. The zero-order valence-corrected chi connectivity index (χ0v) is 21.6. The van der Waals surface area contributed by atoms with Crippen LogP contribution < -0.4 is 16.0 Å². The van der Waals surface area contributed by atoms with Gasteiger partial charge in [-0.3, -0.25) is 0 Å². The predicted molar refractivity (Wildman–Crippen MR) is 144 cm³/mol. The van der Waals surface area contributed by atoms with Crippen LogP contribution in [0, 0.1) is 5.82 Å². The molecular formula is C26H27FN6O2S2. The number of benzene rings is 2. The van der Waals surface area contributed by atoms with E-state index in [9.17, 15) is 12.8 Å². The number of hydrogen-bond acceptors (Lipinski definition) is 8. The van der Waals surface area contributed by atoms with Crippen molar-refractivity contribution in [2.45, 2.75) is 30.3 Å². The zero-order chi connectivity index (χ0) is 25.7. The largest absolute Gasteiger partial charge is 0.340 e. The van der Waals surface area contributed by atoms with Crippen molar-refractivity contribution in [3.63, 3.8) is 0 Å². The number of hydrogen-bond donors (Lipinski definition) is 3. The van der Waals surface area contributed by atoms with Crippen LogP contribution in [0.1, 0.15) is 17.7 Å². The Morgan fingerprint density at radius 1 is 0.946 bits per heavy atom. The van der Waals surface area contributed by atoms with E-state index in [2.05, 4.69) is 37.4 Å². The number of aromatic nitrogens is 2. The lowest BCUT2D eigenvalue weighted by Crippen LogP contribution is -2.44. The first-order chi connectivity index (χ1) is 18.0. The molecule has 0 spiro atoms. The highest BCUT2D eigenvalue weighted by Crippen LogP contribution is 2.24. The lowest BCUT2D eigenvalue weighted by atomic mass is 10.1. The van der Waals surface area contributed by atoms with Crippen molar-refractivity contribution in [1.29, 1.82) is 0 Å². The van der Waals surface area contributed by atoms with E-state index < -0.39 is 10.0 Å². The molecule has 2 aromatic carbocycles. The number of rotatable bonds is 9. The number of nitrogens with zero attached hydrogens (tertiary/aromatic N) is 3. The Balaban J connectivity index is 1.17. The van der Waals surface area contributed by atoms with Gasteiger partial charge in [-0.1, -0.05) is 6.07 Å². The fourth-order valence-electron chi connectivity index (χ4n) is 4.12. The molecule has 0 unspecified atom stereocenters. The van der Waals surface area contributed by atoms with E-state index in [1.165, 1.54) is 17.0 Å². The van der Waals surface area contributed by atoms with E-state index >= 15 is 0 Å². The summed E-state index contributed by atoms with van der Waals surface area (Å²) in [6, 6.07) is 18.7. The molecule has 3 N–H and O–H groups in total. The van der Waals surface area contributed by atoms with E-state index in [4.69, 9.17) is 0 Å². The topological polar surface area (TPSA) is 99.2 Å². The molecule has 0 bridgehead atoms. The SMILES string of the molecule is O=S(=O)(c1ccc(Nc2nccc(Nc3ccc(F)cc3)n2)cc1)N1CCC(NCc2cccs2)CC1. The molecule has 37 heavy (non-hydrogen) atoms. The molecule has 3 heterocycles. The summed E-state index contributed by atoms with van der Waals surface area (Å²) in [4.78, 5) is 10.2. The summed E-state index contributed by atoms with van der Waals surface area (Å²) in [6.07, 6.45) is 3.16. The number of anilines is 4. The lowest BCUT2D eigenvalue weighted by Gasteiger charge is -2.31. The highest BCUT2D eigenvalue weighted by molar-refractivity contribution is 7.89. The number of piperidine rings is 1. The summed E-state index contributed by atoms with van der Waals surface area (Å²) in [5, 5.41) is 11.8. The van der Waals surface area contributed by atoms with E-state index in [1.807, 2.05) is 6.07 Å². The van der Waals surface area contributed by atoms with Crippen LogP contribution >= 0.6 is 11.3 Å². The molecule has 0 atom stereocenters. The summed E-state index contributed by atoms with van der Waals surface area (Å²) < 4.78 is 41.0. The van der Waals surface area contributed by atoms with Crippen molar-refractivity contribution in [3.8, 4) is 0 Å². The van der Waals surface area contributed by atoms with Crippen LogP contribution in [-0.2, 0) is 16.6 Å². The zero-order valence-electron chi connectivity index (χ0n) is 20.0. The molecule has 0 aliphatic carbocycles. The van der Waals surface area contributed by atoms with Gasteiger partial charge in [-0.2, -0.15) is 9.29 Å². The van der Waals surface area contributed by atoms with Gasteiger partial charge in [0.05, 0.1) is 4.90 Å². The third-order valence-electron chi connectivity index (χ3n) is 6.12. The van der Waals surface area contributed by atoms with Gasteiger partial charge in [-0.05, 0) is 78.9 Å². The van der Waals surface area contributed by atoms with Gasteiger partial charge in [-0.25, -0.2) is 17.8 Å². The molecule has 0 radical (unpaired) electrons. The van der Waals surface area contributed by atoms with Crippen LogP contribution in [0.4, 0.5) is 27.5 Å². The minimum Gasteiger partial charge on any atom is -0.340 e. The molecule has 2 aromatic heterocycles. The van der Waals surface area contributed by atoms with Crippen LogP contribution in [-0.4, -0.2) is 41.8 Å². The molecule has 0 saturated carbocycles. The Bertz CT molecular complexity index is 1410. The predicted octanol–water partition coefficient (Wildman–Crippen LogP) is 5.11. The number of thiophene rings is 1. The monoisotopic (exact) mass is 538 g/mol. The van der Waals surface area contributed by atoms with Crippen LogP contribution in [0.15, 0.2) is 83.2 Å². The normalized spacial score (nSPS) is 14.9. The third kappa shape index (κ3) is 6.50. The Kier molecular flexibility index (Phi) is 7.75. The van der Waals surface area contributed by atoms with Crippen molar-refractivity contribution in [2.24, 2.45) is 0 Å². The molecule has 11 heteroatoms. The Morgan fingerprint density at radius 2 is 1.65 bits per heavy atom. The van der Waals surface area contributed by atoms with Gasteiger partial charge in [0, 0.05) is 48.1 Å². The lowest BCUT2D eigenvalue weighted by molar-refractivity contribution is 0.289. The molecule has 192 valence electrons. The minimum atomic E-state index is -3.57.